The summed E-state index contributed by atoms with van der Waals surface area (Å²) in [5, 5.41) is 21.2. The van der Waals surface area contributed by atoms with Crippen LogP contribution in [0.5, 0.6) is 5.75 Å². The first-order valence-corrected chi connectivity index (χ1v) is 10.2. The Labute approximate surface area is 162 Å². The number of benzene rings is 1. The summed E-state index contributed by atoms with van der Waals surface area (Å²) in [4.78, 5) is 2.48. The average molecular weight is 379 g/mol. The highest BCUT2D eigenvalue weighted by molar-refractivity contribution is 5.45. The molecule has 1 fully saturated rings. The molecule has 1 saturated heterocycles. The highest BCUT2D eigenvalue weighted by Crippen LogP contribution is 2.47. The standard InChI is InChI=1S/C22H34FNO3/c1-15(2)9-18-13-24-8-5-16-10-17(14-25)21(27-3)11-19(16)20(24)12-22(18,26)6-4-7-23/h10-11,15,18,20,25-26H,4-9,12-14H2,1-3H3/t18-,20-,22-/m1/s1/i23-1. The molecule has 4 nitrogen and oxygen atoms in total. The van der Waals surface area contributed by atoms with Crippen molar-refractivity contribution in [3.05, 3.63) is 28.8 Å². The molecule has 0 saturated carbocycles. The molecule has 3 atom stereocenters. The van der Waals surface area contributed by atoms with Gasteiger partial charge in [0.1, 0.15) is 5.75 Å². The van der Waals surface area contributed by atoms with E-state index in [0.717, 1.165) is 31.5 Å². The highest BCUT2D eigenvalue weighted by atomic mass is 18.2. The first-order valence-electron chi connectivity index (χ1n) is 10.2. The molecule has 1 aromatic carbocycles. The van der Waals surface area contributed by atoms with E-state index >= 15 is 0 Å². The van der Waals surface area contributed by atoms with Crippen LogP contribution >= 0.6 is 0 Å². The number of halogens is 1. The predicted molar refractivity (Wildman–Crippen MR) is 105 cm³/mol. The summed E-state index contributed by atoms with van der Waals surface area (Å²) in [7, 11) is 1.62. The van der Waals surface area contributed by atoms with Crippen LogP contribution in [0.25, 0.3) is 0 Å². The van der Waals surface area contributed by atoms with Gasteiger partial charge in [-0.3, -0.25) is 9.29 Å². The molecular weight excluding hydrogens is 344 g/mol. The summed E-state index contributed by atoms with van der Waals surface area (Å²) >= 11 is 0. The van der Waals surface area contributed by atoms with Crippen LogP contribution in [0.15, 0.2) is 12.1 Å². The molecule has 152 valence electrons. The number of aliphatic hydroxyl groups is 2. The third-order valence-corrected chi connectivity index (χ3v) is 6.44. The van der Waals surface area contributed by atoms with Gasteiger partial charge >= 0.3 is 0 Å². The fourth-order valence-corrected chi connectivity index (χ4v) is 5.10. The number of ether oxygens (including phenoxy) is 1. The lowest BCUT2D eigenvalue weighted by molar-refractivity contribution is -0.109. The van der Waals surface area contributed by atoms with Gasteiger partial charge in [0.25, 0.3) is 0 Å². The molecule has 2 aliphatic rings. The molecular formula is C22H34FNO3. The van der Waals surface area contributed by atoms with Crippen molar-refractivity contribution >= 4 is 0 Å². The van der Waals surface area contributed by atoms with Crippen molar-refractivity contribution < 1.29 is 19.3 Å². The van der Waals surface area contributed by atoms with E-state index in [9.17, 15) is 14.6 Å². The zero-order valence-electron chi connectivity index (χ0n) is 16.9. The monoisotopic (exact) mass is 378 g/mol. The second-order valence-electron chi connectivity index (χ2n) is 8.71. The number of aliphatic hydroxyl groups excluding tert-OH is 1. The van der Waals surface area contributed by atoms with Crippen LogP contribution in [0.4, 0.5) is 4.39 Å². The number of rotatable bonds is 7. The van der Waals surface area contributed by atoms with Crippen molar-refractivity contribution in [1.82, 2.24) is 4.90 Å². The number of hydrogen-bond donors (Lipinski definition) is 2. The molecule has 0 aromatic heterocycles. The topological polar surface area (TPSA) is 52.9 Å². The molecule has 1 aromatic rings. The van der Waals surface area contributed by atoms with Gasteiger partial charge in [0.2, 0.25) is 0 Å². The maximum atomic E-state index is 12.9. The second-order valence-corrected chi connectivity index (χ2v) is 8.71. The van der Waals surface area contributed by atoms with E-state index in [0.29, 0.717) is 30.9 Å². The van der Waals surface area contributed by atoms with Crippen molar-refractivity contribution in [2.75, 3.05) is 26.9 Å². The number of alkyl halides is 1. The third-order valence-electron chi connectivity index (χ3n) is 6.44. The first kappa shape index (κ1) is 20.6. The van der Waals surface area contributed by atoms with Gasteiger partial charge in [0.05, 0.1) is 26.0 Å². The predicted octanol–water partition coefficient (Wildman–Crippen LogP) is 3.63. The minimum absolute atomic E-state index is 0.0399. The molecule has 0 bridgehead atoms. The molecule has 0 unspecified atom stereocenters. The van der Waals surface area contributed by atoms with Gasteiger partial charge in [-0.05, 0) is 61.3 Å². The largest absolute Gasteiger partial charge is 0.496 e. The third kappa shape index (κ3) is 4.15. The molecule has 27 heavy (non-hydrogen) atoms. The van der Waals surface area contributed by atoms with Gasteiger partial charge in [-0.25, -0.2) is 0 Å². The van der Waals surface area contributed by atoms with E-state index in [1.54, 1.807) is 7.11 Å². The van der Waals surface area contributed by atoms with Crippen molar-refractivity contribution in [2.45, 2.75) is 64.2 Å². The van der Waals surface area contributed by atoms with Crippen molar-refractivity contribution in [3.63, 3.8) is 0 Å². The Hall–Kier alpha value is -1.17. The van der Waals surface area contributed by atoms with Crippen LogP contribution in [0, 0.1) is 11.8 Å². The summed E-state index contributed by atoms with van der Waals surface area (Å²) in [5.74, 6) is 1.39. The fraction of sp³-hybridized carbons (Fsp3) is 0.727. The average Bonchev–Trinajstić information content (AvgIpc) is 2.65. The Kier molecular flexibility index (Phi) is 6.44. The highest BCUT2D eigenvalue weighted by Gasteiger charge is 2.47. The zero-order valence-corrected chi connectivity index (χ0v) is 16.9. The smallest absolute Gasteiger partial charge is 0.124 e. The Morgan fingerprint density at radius 3 is 2.78 bits per heavy atom. The zero-order chi connectivity index (χ0) is 19.6. The molecule has 3 rings (SSSR count). The Morgan fingerprint density at radius 1 is 1.37 bits per heavy atom. The summed E-state index contributed by atoms with van der Waals surface area (Å²) < 4.78 is 18.4. The lowest BCUT2D eigenvalue weighted by atomic mass is 9.69. The van der Waals surface area contributed by atoms with Gasteiger partial charge in [0, 0.05) is 30.6 Å². The van der Waals surface area contributed by atoms with E-state index in [-0.39, 0.29) is 25.2 Å². The number of methoxy groups -OCH3 is 1. The molecule has 2 N–H and O–H groups in total. The lowest BCUT2D eigenvalue weighted by Gasteiger charge is -2.52. The molecule has 0 aliphatic carbocycles. The van der Waals surface area contributed by atoms with E-state index in [1.165, 1.54) is 11.1 Å². The van der Waals surface area contributed by atoms with Crippen molar-refractivity contribution in [2.24, 2.45) is 11.8 Å². The van der Waals surface area contributed by atoms with Gasteiger partial charge in [-0.1, -0.05) is 13.8 Å². The Bertz CT molecular complexity index is 651. The molecule has 0 amide bonds. The lowest BCUT2D eigenvalue weighted by Crippen LogP contribution is -2.55. The van der Waals surface area contributed by atoms with Crippen LogP contribution in [0.2, 0.25) is 0 Å². The Morgan fingerprint density at radius 2 is 2.15 bits per heavy atom. The van der Waals surface area contributed by atoms with E-state index in [1.807, 2.05) is 12.1 Å². The number of nitrogens with zero attached hydrogens (tertiary/aromatic N) is 1. The maximum Gasteiger partial charge on any atom is 0.124 e. The van der Waals surface area contributed by atoms with Crippen LogP contribution < -0.4 is 4.74 Å². The fourth-order valence-electron chi connectivity index (χ4n) is 5.10. The summed E-state index contributed by atoms with van der Waals surface area (Å²) in [6.07, 6.45) is 3.48. The van der Waals surface area contributed by atoms with Crippen LogP contribution in [0.1, 0.15) is 62.3 Å². The quantitative estimate of drug-likeness (QED) is 0.761. The molecule has 5 heteroatoms. The van der Waals surface area contributed by atoms with Crippen LogP contribution in [-0.4, -0.2) is 47.6 Å². The van der Waals surface area contributed by atoms with E-state index < -0.39 is 5.60 Å². The second kappa shape index (κ2) is 8.46. The molecule has 0 radical (unpaired) electrons. The number of piperidine rings is 1. The minimum atomic E-state index is -0.824. The van der Waals surface area contributed by atoms with E-state index in [2.05, 4.69) is 18.7 Å². The number of fused-ring (bicyclic) bond motifs is 3. The van der Waals surface area contributed by atoms with Gasteiger partial charge in [-0.2, -0.15) is 0 Å². The van der Waals surface area contributed by atoms with Gasteiger partial charge < -0.3 is 14.9 Å². The summed E-state index contributed by atoms with van der Waals surface area (Å²) in [6, 6.07) is 4.21. The van der Waals surface area contributed by atoms with Crippen molar-refractivity contribution in [3.8, 4) is 5.75 Å². The molecule has 2 heterocycles. The van der Waals surface area contributed by atoms with Crippen LogP contribution in [-0.2, 0) is 13.0 Å². The number of hydrogen-bond acceptors (Lipinski definition) is 4. The SMILES string of the molecule is COc1cc2c(cc1CO)CCN1C[C@@H](CC(C)C)[C@@](O)(CCC[18F])C[C@H]21. The maximum absolute atomic E-state index is 12.9. The van der Waals surface area contributed by atoms with Crippen LogP contribution in [0.3, 0.4) is 0 Å². The van der Waals surface area contributed by atoms with E-state index in [4.69, 9.17) is 4.74 Å². The van der Waals surface area contributed by atoms with Crippen molar-refractivity contribution in [1.29, 1.82) is 0 Å². The normalized spacial score (nSPS) is 28.1. The minimum Gasteiger partial charge on any atom is -0.496 e. The Balaban J connectivity index is 1.93. The molecule has 0 spiro atoms. The van der Waals surface area contributed by atoms with Gasteiger partial charge in [0.15, 0.2) is 0 Å². The summed E-state index contributed by atoms with van der Waals surface area (Å²) in [5.41, 5.74) is 2.41. The first-order chi connectivity index (χ1) is 12.9. The molecule has 2 aliphatic heterocycles. The van der Waals surface area contributed by atoms with Gasteiger partial charge in [-0.15, -0.1) is 0 Å². The summed E-state index contributed by atoms with van der Waals surface area (Å²) in [6.45, 7) is 5.78.